The van der Waals surface area contributed by atoms with Gasteiger partial charge >= 0.3 is 0 Å². The van der Waals surface area contributed by atoms with Gasteiger partial charge in [0, 0.05) is 11.6 Å². The molecule has 0 aromatic heterocycles. The zero-order valence-corrected chi connectivity index (χ0v) is 12.8. The van der Waals surface area contributed by atoms with Crippen molar-refractivity contribution in [2.75, 3.05) is 6.54 Å². The van der Waals surface area contributed by atoms with Gasteiger partial charge in [0.05, 0.1) is 0 Å². The summed E-state index contributed by atoms with van der Waals surface area (Å²) in [6, 6.07) is 9.15. The summed E-state index contributed by atoms with van der Waals surface area (Å²) in [5.74, 6) is -0.196. The zero-order valence-electron chi connectivity index (χ0n) is 12.1. The highest BCUT2D eigenvalue weighted by molar-refractivity contribution is 6.31. The van der Waals surface area contributed by atoms with Crippen molar-refractivity contribution in [1.82, 2.24) is 5.32 Å². The van der Waals surface area contributed by atoms with Gasteiger partial charge in [-0.2, -0.15) is 0 Å². The minimum Gasteiger partial charge on any atom is -0.313 e. The third-order valence-corrected chi connectivity index (χ3v) is 3.76. The van der Waals surface area contributed by atoms with Crippen LogP contribution in [0.25, 0.3) is 11.1 Å². The molecule has 0 heterocycles. The van der Waals surface area contributed by atoms with E-state index < -0.39 is 0 Å². The maximum atomic E-state index is 13.4. The highest BCUT2D eigenvalue weighted by Gasteiger charge is 2.10. The minimum atomic E-state index is -0.196. The predicted octanol–water partition coefficient (Wildman–Crippen LogP) is 4.87. The van der Waals surface area contributed by atoms with Crippen molar-refractivity contribution >= 4 is 11.6 Å². The molecular formula is C17H19ClFN. The van der Waals surface area contributed by atoms with E-state index in [2.05, 4.69) is 12.2 Å². The third kappa shape index (κ3) is 3.20. The van der Waals surface area contributed by atoms with Crippen LogP contribution < -0.4 is 5.32 Å². The minimum absolute atomic E-state index is 0.196. The lowest BCUT2D eigenvalue weighted by molar-refractivity contribution is 0.625. The summed E-state index contributed by atoms with van der Waals surface area (Å²) in [4.78, 5) is 0. The van der Waals surface area contributed by atoms with Crippen LogP contribution in [0.2, 0.25) is 5.02 Å². The Morgan fingerprint density at radius 2 is 1.75 bits per heavy atom. The molecule has 0 aliphatic heterocycles. The van der Waals surface area contributed by atoms with Crippen LogP contribution in [0.1, 0.15) is 23.6 Å². The largest absolute Gasteiger partial charge is 0.313 e. The van der Waals surface area contributed by atoms with E-state index in [-0.39, 0.29) is 5.82 Å². The van der Waals surface area contributed by atoms with Crippen LogP contribution in [-0.4, -0.2) is 6.54 Å². The summed E-state index contributed by atoms with van der Waals surface area (Å²) < 4.78 is 13.4. The van der Waals surface area contributed by atoms with E-state index in [1.165, 1.54) is 0 Å². The Labute approximate surface area is 124 Å². The van der Waals surface area contributed by atoms with Gasteiger partial charge in [0.2, 0.25) is 0 Å². The van der Waals surface area contributed by atoms with Crippen molar-refractivity contribution in [1.29, 1.82) is 0 Å². The molecule has 2 rings (SSSR count). The topological polar surface area (TPSA) is 12.0 Å². The first-order valence-electron chi connectivity index (χ1n) is 6.79. The molecule has 0 unspecified atom stereocenters. The normalized spacial score (nSPS) is 10.8. The summed E-state index contributed by atoms with van der Waals surface area (Å²) in [6.45, 7) is 7.58. The second-order valence-corrected chi connectivity index (χ2v) is 5.41. The van der Waals surface area contributed by atoms with Crippen molar-refractivity contribution in [2.45, 2.75) is 27.3 Å². The van der Waals surface area contributed by atoms with Crippen LogP contribution >= 0.6 is 11.6 Å². The van der Waals surface area contributed by atoms with Crippen LogP contribution in [0.4, 0.5) is 4.39 Å². The first kappa shape index (κ1) is 15.0. The van der Waals surface area contributed by atoms with Gasteiger partial charge in [0.25, 0.3) is 0 Å². The lowest BCUT2D eigenvalue weighted by Crippen LogP contribution is -2.11. The Morgan fingerprint density at radius 1 is 1.10 bits per heavy atom. The van der Waals surface area contributed by atoms with Gasteiger partial charge in [0.15, 0.2) is 0 Å². The summed E-state index contributed by atoms with van der Waals surface area (Å²) in [5, 5.41) is 4.00. The highest BCUT2D eigenvalue weighted by Crippen LogP contribution is 2.31. The molecule has 0 aliphatic carbocycles. The van der Waals surface area contributed by atoms with E-state index in [0.717, 1.165) is 45.9 Å². The molecule has 0 atom stereocenters. The first-order chi connectivity index (χ1) is 9.52. The van der Waals surface area contributed by atoms with Crippen LogP contribution in [0, 0.1) is 19.7 Å². The van der Waals surface area contributed by atoms with Gasteiger partial charge in [-0.15, -0.1) is 0 Å². The fourth-order valence-electron chi connectivity index (χ4n) is 2.47. The Balaban J connectivity index is 2.42. The average molecular weight is 292 g/mol. The van der Waals surface area contributed by atoms with Gasteiger partial charge in [-0.1, -0.05) is 30.7 Å². The number of hydrogen-bond acceptors (Lipinski definition) is 1. The maximum Gasteiger partial charge on any atom is 0.123 e. The molecule has 1 nitrogen and oxygen atoms in total. The number of aryl methyl sites for hydroxylation is 2. The van der Waals surface area contributed by atoms with Crippen LogP contribution in [0.15, 0.2) is 30.3 Å². The predicted molar refractivity (Wildman–Crippen MR) is 83.7 cm³/mol. The zero-order chi connectivity index (χ0) is 14.7. The fourth-order valence-corrected chi connectivity index (χ4v) is 2.72. The van der Waals surface area contributed by atoms with Crippen molar-refractivity contribution in [3.63, 3.8) is 0 Å². The van der Waals surface area contributed by atoms with E-state index in [0.29, 0.717) is 0 Å². The molecule has 3 heteroatoms. The number of halogens is 2. The summed E-state index contributed by atoms with van der Waals surface area (Å²) in [6.07, 6.45) is 0. The SMILES string of the molecule is CCNCc1ccc(-c2c(C)cc(F)cc2C)cc1Cl. The molecule has 0 amide bonds. The van der Waals surface area contributed by atoms with E-state index in [1.54, 1.807) is 12.1 Å². The number of hydrogen-bond donors (Lipinski definition) is 1. The van der Waals surface area contributed by atoms with Gasteiger partial charge in [-0.05, 0) is 66.4 Å². The Hall–Kier alpha value is -1.38. The monoisotopic (exact) mass is 291 g/mol. The van der Waals surface area contributed by atoms with Crippen LogP contribution in [0.5, 0.6) is 0 Å². The van der Waals surface area contributed by atoms with E-state index in [4.69, 9.17) is 11.6 Å². The lowest BCUT2D eigenvalue weighted by Gasteiger charge is -2.13. The molecule has 0 spiro atoms. The molecule has 0 saturated carbocycles. The number of nitrogens with one attached hydrogen (secondary N) is 1. The van der Waals surface area contributed by atoms with Gasteiger partial charge in [-0.3, -0.25) is 0 Å². The number of benzene rings is 2. The summed E-state index contributed by atoms with van der Waals surface area (Å²) in [5.41, 5.74) is 5.03. The van der Waals surface area contributed by atoms with Crippen molar-refractivity contribution in [2.24, 2.45) is 0 Å². The Kier molecular flexibility index (Phi) is 4.79. The van der Waals surface area contributed by atoms with Gasteiger partial charge in [-0.25, -0.2) is 4.39 Å². The lowest BCUT2D eigenvalue weighted by atomic mass is 9.95. The van der Waals surface area contributed by atoms with Crippen molar-refractivity contribution in [3.05, 3.63) is 57.9 Å². The van der Waals surface area contributed by atoms with Gasteiger partial charge < -0.3 is 5.32 Å². The maximum absolute atomic E-state index is 13.4. The molecule has 0 saturated heterocycles. The second kappa shape index (κ2) is 6.38. The van der Waals surface area contributed by atoms with Crippen LogP contribution in [-0.2, 0) is 6.54 Å². The Bertz CT molecular complexity index is 599. The second-order valence-electron chi connectivity index (χ2n) is 5.00. The van der Waals surface area contributed by atoms with E-state index in [1.807, 2.05) is 32.0 Å². The Morgan fingerprint density at radius 3 is 2.30 bits per heavy atom. The molecular weight excluding hydrogens is 273 g/mol. The quantitative estimate of drug-likeness (QED) is 0.847. The van der Waals surface area contributed by atoms with Crippen LogP contribution in [0.3, 0.4) is 0 Å². The summed E-state index contributed by atoms with van der Waals surface area (Å²) in [7, 11) is 0. The highest BCUT2D eigenvalue weighted by atomic mass is 35.5. The van der Waals surface area contributed by atoms with Gasteiger partial charge in [0.1, 0.15) is 5.82 Å². The molecule has 0 aliphatic rings. The van der Waals surface area contributed by atoms with Crippen molar-refractivity contribution in [3.8, 4) is 11.1 Å². The molecule has 20 heavy (non-hydrogen) atoms. The smallest absolute Gasteiger partial charge is 0.123 e. The molecule has 0 radical (unpaired) electrons. The van der Waals surface area contributed by atoms with E-state index >= 15 is 0 Å². The molecule has 0 bridgehead atoms. The molecule has 1 N–H and O–H groups in total. The molecule has 0 fully saturated rings. The standard InChI is InChI=1S/C17H19ClFN/c1-4-20-10-14-6-5-13(9-16(14)18)17-11(2)7-15(19)8-12(17)3/h5-9,20H,4,10H2,1-3H3. The molecule has 2 aromatic carbocycles. The molecule has 2 aromatic rings. The summed E-state index contributed by atoms with van der Waals surface area (Å²) >= 11 is 6.34. The fraction of sp³-hybridized carbons (Fsp3) is 0.294. The third-order valence-electron chi connectivity index (χ3n) is 3.40. The van der Waals surface area contributed by atoms with E-state index in [9.17, 15) is 4.39 Å². The molecule has 106 valence electrons. The first-order valence-corrected chi connectivity index (χ1v) is 7.17. The number of rotatable bonds is 4. The van der Waals surface area contributed by atoms with Crippen molar-refractivity contribution < 1.29 is 4.39 Å². The average Bonchev–Trinajstić information content (AvgIpc) is 2.36.